The Bertz CT molecular complexity index is 2290. The number of rotatable bonds is 6. The molecule has 3 aliphatic carbocycles. The zero-order valence-corrected chi connectivity index (χ0v) is 28.1. The quantitative estimate of drug-likeness (QED) is 0.122. The highest BCUT2D eigenvalue weighted by molar-refractivity contribution is 6.34. The molecule has 3 heteroatoms. The van der Waals surface area contributed by atoms with Crippen molar-refractivity contribution < 1.29 is 0 Å². The van der Waals surface area contributed by atoms with E-state index in [4.69, 9.17) is 34.8 Å². The third kappa shape index (κ3) is 4.37. The average Bonchev–Trinajstić information content (AvgIpc) is 3.78. The molecule has 10 rings (SSSR count). The molecule has 0 aliphatic heterocycles. The molecule has 0 radical (unpaired) electrons. The Kier molecular flexibility index (Phi) is 6.34. The summed E-state index contributed by atoms with van der Waals surface area (Å²) in [5.41, 5.74) is 16.1. The Morgan fingerprint density at radius 3 is 0.875 bits per heavy atom. The molecule has 0 amide bonds. The van der Waals surface area contributed by atoms with Crippen molar-refractivity contribution in [2.45, 2.75) is 19.3 Å². The van der Waals surface area contributed by atoms with E-state index >= 15 is 0 Å². The van der Waals surface area contributed by atoms with Crippen LogP contribution in [0.3, 0.4) is 0 Å². The monoisotopic (exact) mass is 672 g/mol. The first-order chi connectivity index (χ1) is 23.5. The Morgan fingerprint density at radius 2 is 0.604 bits per heavy atom. The van der Waals surface area contributed by atoms with Crippen molar-refractivity contribution in [3.8, 4) is 0 Å². The van der Waals surface area contributed by atoms with Gasteiger partial charge in [-0.05, 0) is 155 Å². The van der Waals surface area contributed by atoms with Gasteiger partial charge < -0.3 is 0 Å². The molecule has 0 nitrogen and oxygen atoms in total. The van der Waals surface area contributed by atoms with Crippen LogP contribution in [0, 0.1) is 0 Å². The van der Waals surface area contributed by atoms with E-state index < -0.39 is 0 Å². The van der Waals surface area contributed by atoms with Crippen molar-refractivity contribution in [1.29, 1.82) is 0 Å². The first-order valence-corrected chi connectivity index (χ1v) is 17.5. The predicted octanol–water partition coefficient (Wildman–Crippen LogP) is 13.3. The van der Waals surface area contributed by atoms with Gasteiger partial charge in [0.2, 0.25) is 0 Å². The van der Waals surface area contributed by atoms with Crippen LogP contribution in [0.5, 0.6) is 0 Å². The van der Waals surface area contributed by atoms with E-state index in [1.807, 2.05) is 36.4 Å². The van der Waals surface area contributed by atoms with Crippen LogP contribution in [0.15, 0.2) is 91.0 Å². The highest BCUT2D eigenvalue weighted by Crippen LogP contribution is 2.55. The summed E-state index contributed by atoms with van der Waals surface area (Å²) in [6.45, 7) is 0. The summed E-state index contributed by atoms with van der Waals surface area (Å²) in [6.07, 6.45) is 16.4. The van der Waals surface area contributed by atoms with Gasteiger partial charge in [-0.15, -0.1) is 0 Å². The standard InChI is InChI=1S/C45H27Cl3/c46-34-13-4-25(5-14-34)1-10-28-19-31-23-38-30(12-3-27-8-17-36(48)18-9-27)21-33-24-39-29(11-2-26-6-15-35(47)16-7-26)20-32-22-37(28)43-40(31)44(38)42(33)45(39)41(32)43/h1-21H,22-24H2/b10-1+,11-2+,12-3+. The van der Waals surface area contributed by atoms with E-state index in [9.17, 15) is 0 Å². The Hall–Kier alpha value is -4.59. The molecule has 228 valence electrons. The predicted molar refractivity (Wildman–Crippen MR) is 209 cm³/mol. The lowest BCUT2D eigenvalue weighted by Crippen LogP contribution is -1.91. The van der Waals surface area contributed by atoms with Crippen molar-refractivity contribution in [3.05, 3.63) is 173 Å². The van der Waals surface area contributed by atoms with E-state index in [1.165, 1.54) is 82.4 Å². The first kappa shape index (κ1) is 28.4. The molecule has 3 aliphatic rings. The van der Waals surface area contributed by atoms with E-state index in [0.717, 1.165) is 51.0 Å². The molecule has 0 heterocycles. The topological polar surface area (TPSA) is 0 Å². The van der Waals surface area contributed by atoms with Crippen LogP contribution in [0.2, 0.25) is 15.1 Å². The Balaban J connectivity index is 1.20. The van der Waals surface area contributed by atoms with E-state index in [0.29, 0.717) is 0 Å². The van der Waals surface area contributed by atoms with Crippen LogP contribution >= 0.6 is 34.8 Å². The molecular formula is C45H27Cl3. The first-order valence-electron chi connectivity index (χ1n) is 16.4. The molecule has 0 aromatic heterocycles. The number of benzene rings is 7. The summed E-state index contributed by atoms with van der Waals surface area (Å²) in [5, 5.41) is 11.1. The highest BCUT2D eigenvalue weighted by Gasteiger charge is 2.34. The Morgan fingerprint density at radius 1 is 0.333 bits per heavy atom. The highest BCUT2D eigenvalue weighted by atomic mass is 35.5. The molecule has 7 aromatic rings. The second-order valence-electron chi connectivity index (χ2n) is 13.2. The maximum Gasteiger partial charge on any atom is 0.0406 e. The van der Waals surface area contributed by atoms with Gasteiger partial charge >= 0.3 is 0 Å². The summed E-state index contributed by atoms with van der Waals surface area (Å²) >= 11 is 18.6. The van der Waals surface area contributed by atoms with Gasteiger partial charge in [0, 0.05) is 15.1 Å². The van der Waals surface area contributed by atoms with Gasteiger partial charge in [0.05, 0.1) is 0 Å². The van der Waals surface area contributed by atoms with E-state index in [1.54, 1.807) is 0 Å². The smallest absolute Gasteiger partial charge is 0.0406 e. The van der Waals surface area contributed by atoms with Crippen molar-refractivity contribution in [2.24, 2.45) is 0 Å². The second kappa shape index (κ2) is 10.7. The normalized spacial score (nSPS) is 14.1. The largest absolute Gasteiger partial charge is 0.0843 e. The number of halogens is 3. The van der Waals surface area contributed by atoms with Crippen molar-refractivity contribution in [1.82, 2.24) is 0 Å². The van der Waals surface area contributed by atoms with Gasteiger partial charge in [-0.2, -0.15) is 0 Å². The summed E-state index contributed by atoms with van der Waals surface area (Å²) in [7, 11) is 0. The molecule has 0 saturated carbocycles. The minimum Gasteiger partial charge on any atom is -0.0843 e. The minimum atomic E-state index is 0.756. The van der Waals surface area contributed by atoms with Gasteiger partial charge in [-0.3, -0.25) is 0 Å². The minimum absolute atomic E-state index is 0.756. The zero-order valence-electron chi connectivity index (χ0n) is 25.9. The van der Waals surface area contributed by atoms with Crippen molar-refractivity contribution in [3.63, 3.8) is 0 Å². The molecule has 0 bridgehead atoms. The Labute approximate surface area is 294 Å². The molecule has 0 atom stereocenters. The maximum absolute atomic E-state index is 6.19. The van der Waals surface area contributed by atoms with Gasteiger partial charge in [0.1, 0.15) is 0 Å². The van der Waals surface area contributed by atoms with Crippen LogP contribution in [0.25, 0.3) is 68.8 Å². The van der Waals surface area contributed by atoms with Crippen molar-refractivity contribution in [2.75, 3.05) is 0 Å². The van der Waals surface area contributed by atoms with Gasteiger partial charge in [0.25, 0.3) is 0 Å². The van der Waals surface area contributed by atoms with Crippen LogP contribution in [-0.4, -0.2) is 0 Å². The van der Waals surface area contributed by atoms with Gasteiger partial charge in [0.15, 0.2) is 0 Å². The summed E-state index contributed by atoms with van der Waals surface area (Å²) in [5.74, 6) is 0. The van der Waals surface area contributed by atoms with Crippen LogP contribution in [-0.2, 0) is 19.3 Å². The fourth-order valence-electron chi connectivity index (χ4n) is 8.38. The number of hydrogen-bond acceptors (Lipinski definition) is 0. The zero-order chi connectivity index (χ0) is 32.1. The average molecular weight is 674 g/mol. The lowest BCUT2D eigenvalue weighted by atomic mass is 9.91. The molecule has 0 fully saturated rings. The molecule has 0 N–H and O–H groups in total. The SMILES string of the molecule is Clc1ccc(/C=C/c2cc3c4c5c2Cc2cc(/C=C/c6ccc(Cl)cc6)c6c(c25)c2c(cc(/C=C/c5ccc(Cl)cc5)c(c42)C3)C6)cc1. The molecule has 48 heavy (non-hydrogen) atoms. The summed E-state index contributed by atoms with van der Waals surface area (Å²) in [4.78, 5) is 0. The molecular weight excluding hydrogens is 647 g/mol. The fourth-order valence-corrected chi connectivity index (χ4v) is 8.76. The third-order valence-corrected chi connectivity index (χ3v) is 11.2. The number of hydrogen-bond donors (Lipinski definition) is 0. The van der Waals surface area contributed by atoms with Crippen LogP contribution in [0.4, 0.5) is 0 Å². The second-order valence-corrected chi connectivity index (χ2v) is 14.6. The van der Waals surface area contributed by atoms with Gasteiger partial charge in [-0.1, -0.05) is 126 Å². The summed E-state index contributed by atoms with van der Waals surface area (Å²) in [6, 6.07) is 31.6. The van der Waals surface area contributed by atoms with Crippen molar-refractivity contribution >= 4 is 104 Å². The molecule has 7 aromatic carbocycles. The molecule has 0 spiro atoms. The lowest BCUT2D eigenvalue weighted by molar-refractivity contribution is 1.23. The van der Waals surface area contributed by atoms with Gasteiger partial charge in [-0.25, -0.2) is 0 Å². The van der Waals surface area contributed by atoms with E-state index in [-0.39, 0.29) is 0 Å². The van der Waals surface area contributed by atoms with Crippen LogP contribution in [0.1, 0.15) is 66.8 Å². The van der Waals surface area contributed by atoms with E-state index in [2.05, 4.69) is 91.1 Å². The van der Waals surface area contributed by atoms with Crippen LogP contribution < -0.4 is 0 Å². The maximum atomic E-state index is 6.19. The molecule has 0 saturated heterocycles. The third-order valence-electron chi connectivity index (χ3n) is 10.5. The summed E-state index contributed by atoms with van der Waals surface area (Å²) < 4.78 is 0. The fraction of sp³-hybridized carbons (Fsp3) is 0.0667. The lowest BCUT2D eigenvalue weighted by Gasteiger charge is -2.12. The molecule has 0 unspecified atom stereocenters.